The highest BCUT2D eigenvalue weighted by atomic mass is 79.9. The van der Waals surface area contributed by atoms with Gasteiger partial charge in [-0.05, 0) is 19.1 Å². The summed E-state index contributed by atoms with van der Waals surface area (Å²) in [7, 11) is 0. The molecule has 1 aromatic rings. The summed E-state index contributed by atoms with van der Waals surface area (Å²) in [5.74, 6) is -0.0185. The molecule has 0 aromatic heterocycles. The number of hydrogen-bond acceptors (Lipinski definition) is 1. The molecule has 0 fully saturated rings. The second-order valence-corrected chi connectivity index (χ2v) is 4.34. The molecule has 0 amide bonds. The molecule has 70 valence electrons. The Morgan fingerprint density at radius 2 is 1.85 bits per heavy atom. The third-order valence-corrected chi connectivity index (χ3v) is 3.37. The third-order valence-electron chi connectivity index (χ3n) is 1.61. The van der Waals surface area contributed by atoms with Gasteiger partial charge in [0.1, 0.15) is 10.6 Å². The van der Waals surface area contributed by atoms with Gasteiger partial charge in [-0.15, -0.1) is 0 Å². The molecule has 1 rings (SSSR count). The molecular formula is C9H7BrCl2O. The zero-order chi connectivity index (χ0) is 10.0. The minimum absolute atomic E-state index is 0.0185. The van der Waals surface area contributed by atoms with E-state index in [1.807, 2.05) is 0 Å². The van der Waals surface area contributed by atoms with Crippen molar-refractivity contribution in [3.8, 4) is 0 Å². The van der Waals surface area contributed by atoms with Crippen LogP contribution in [0.2, 0.25) is 10.0 Å². The van der Waals surface area contributed by atoms with Crippen LogP contribution in [0.3, 0.4) is 0 Å². The van der Waals surface area contributed by atoms with Crippen LogP contribution in [0.1, 0.15) is 17.3 Å². The largest absolute Gasteiger partial charge is 0.298 e. The van der Waals surface area contributed by atoms with Gasteiger partial charge in [-0.25, -0.2) is 0 Å². The van der Waals surface area contributed by atoms with Gasteiger partial charge in [0.05, 0.1) is 0 Å². The molecule has 1 aromatic carbocycles. The number of ketones is 1. The van der Waals surface area contributed by atoms with Crippen LogP contribution in [0.25, 0.3) is 0 Å². The van der Waals surface area contributed by atoms with Crippen LogP contribution in [0.5, 0.6) is 0 Å². The Kier molecular flexibility index (Phi) is 3.77. The first kappa shape index (κ1) is 11.0. The molecule has 0 heterocycles. The van der Waals surface area contributed by atoms with E-state index in [0.717, 1.165) is 0 Å². The van der Waals surface area contributed by atoms with E-state index in [9.17, 15) is 4.79 Å². The van der Waals surface area contributed by atoms with Gasteiger partial charge in [0, 0.05) is 15.6 Å². The summed E-state index contributed by atoms with van der Waals surface area (Å²) in [4.78, 5) is 10.7. The van der Waals surface area contributed by atoms with Crippen molar-refractivity contribution >= 4 is 44.9 Å². The molecule has 1 unspecified atom stereocenters. The Balaban J connectivity index is 3.20. The second kappa shape index (κ2) is 4.45. The van der Waals surface area contributed by atoms with E-state index in [2.05, 4.69) is 15.9 Å². The fraction of sp³-hybridized carbons (Fsp3) is 0.222. The van der Waals surface area contributed by atoms with Gasteiger partial charge in [-0.2, -0.15) is 0 Å². The smallest absolute Gasteiger partial charge is 0.147 e. The fourth-order valence-corrected chi connectivity index (χ4v) is 2.33. The van der Waals surface area contributed by atoms with E-state index < -0.39 is 4.83 Å². The van der Waals surface area contributed by atoms with E-state index in [1.165, 1.54) is 6.92 Å². The molecule has 0 saturated heterocycles. The first-order valence-electron chi connectivity index (χ1n) is 3.62. The molecule has 1 nitrogen and oxygen atoms in total. The number of hydrogen-bond donors (Lipinski definition) is 0. The van der Waals surface area contributed by atoms with Crippen LogP contribution >= 0.6 is 39.1 Å². The van der Waals surface area contributed by atoms with Crippen molar-refractivity contribution in [2.45, 2.75) is 11.8 Å². The van der Waals surface area contributed by atoms with Crippen LogP contribution in [-0.2, 0) is 4.79 Å². The van der Waals surface area contributed by atoms with Crippen LogP contribution in [0, 0.1) is 0 Å². The van der Waals surface area contributed by atoms with Crippen molar-refractivity contribution in [3.05, 3.63) is 33.8 Å². The summed E-state index contributed by atoms with van der Waals surface area (Å²) in [6, 6.07) is 5.16. The lowest BCUT2D eigenvalue weighted by molar-refractivity contribution is -0.116. The number of benzene rings is 1. The van der Waals surface area contributed by atoms with Crippen molar-refractivity contribution in [2.75, 3.05) is 0 Å². The SMILES string of the molecule is CC(=O)C(Br)c1c(Cl)cccc1Cl. The molecule has 0 saturated carbocycles. The summed E-state index contributed by atoms with van der Waals surface area (Å²) in [5, 5.41) is 1.01. The van der Waals surface area contributed by atoms with Crippen LogP contribution in [0.15, 0.2) is 18.2 Å². The maximum Gasteiger partial charge on any atom is 0.147 e. The average Bonchev–Trinajstić information content (AvgIpc) is 2.03. The van der Waals surface area contributed by atoms with E-state index in [4.69, 9.17) is 23.2 Å². The Hall–Kier alpha value is -0.0500. The third kappa shape index (κ3) is 2.46. The summed E-state index contributed by atoms with van der Waals surface area (Å²) in [6.45, 7) is 1.49. The van der Waals surface area contributed by atoms with Crippen molar-refractivity contribution in [1.82, 2.24) is 0 Å². The van der Waals surface area contributed by atoms with Crippen LogP contribution in [0.4, 0.5) is 0 Å². The van der Waals surface area contributed by atoms with Crippen LogP contribution in [-0.4, -0.2) is 5.78 Å². The number of halogens is 3. The molecule has 0 radical (unpaired) electrons. The molecule has 0 aliphatic rings. The second-order valence-electron chi connectivity index (χ2n) is 2.61. The molecular weight excluding hydrogens is 275 g/mol. The Labute approximate surface area is 95.2 Å². The highest BCUT2D eigenvalue weighted by molar-refractivity contribution is 9.09. The summed E-state index contributed by atoms with van der Waals surface area (Å²) in [5.41, 5.74) is 0.637. The molecule has 0 bridgehead atoms. The molecule has 0 N–H and O–H groups in total. The van der Waals surface area contributed by atoms with Gasteiger partial charge < -0.3 is 0 Å². The molecule has 1 atom stereocenters. The lowest BCUT2D eigenvalue weighted by Gasteiger charge is -2.10. The number of alkyl halides is 1. The summed E-state index contributed by atoms with van der Waals surface area (Å²) in [6.07, 6.45) is 0. The highest BCUT2D eigenvalue weighted by Gasteiger charge is 2.18. The minimum Gasteiger partial charge on any atom is -0.298 e. The van der Waals surface area contributed by atoms with Crippen molar-refractivity contribution < 1.29 is 4.79 Å². The normalized spacial score (nSPS) is 12.6. The fourth-order valence-electron chi connectivity index (χ4n) is 0.956. The first-order valence-corrected chi connectivity index (χ1v) is 5.29. The lowest BCUT2D eigenvalue weighted by Crippen LogP contribution is -2.02. The number of rotatable bonds is 2. The topological polar surface area (TPSA) is 17.1 Å². The number of carbonyl (C=O) groups is 1. The highest BCUT2D eigenvalue weighted by Crippen LogP contribution is 2.35. The first-order chi connectivity index (χ1) is 6.04. The van der Waals surface area contributed by atoms with Gasteiger partial charge in [0.25, 0.3) is 0 Å². The molecule has 4 heteroatoms. The predicted octanol–water partition coefficient (Wildman–Crippen LogP) is 4.02. The summed E-state index contributed by atoms with van der Waals surface area (Å²) >= 11 is 15.0. The van der Waals surface area contributed by atoms with Crippen molar-refractivity contribution in [1.29, 1.82) is 0 Å². The van der Waals surface area contributed by atoms with Gasteiger partial charge >= 0.3 is 0 Å². The number of Topliss-reactive ketones (excluding diaryl/α,β-unsaturated/α-hetero) is 1. The molecule has 0 aliphatic heterocycles. The lowest BCUT2D eigenvalue weighted by atomic mass is 10.1. The summed E-state index contributed by atoms with van der Waals surface area (Å²) < 4.78 is 0. The standard InChI is InChI=1S/C9H7BrCl2O/c1-5(13)9(10)8-6(11)3-2-4-7(8)12/h2-4,9H,1H3. The molecule has 0 aliphatic carbocycles. The zero-order valence-corrected chi connectivity index (χ0v) is 9.95. The maximum absolute atomic E-state index is 11.1. The van der Waals surface area contributed by atoms with Gasteiger partial charge in [0.2, 0.25) is 0 Å². The van der Waals surface area contributed by atoms with Crippen molar-refractivity contribution in [2.24, 2.45) is 0 Å². The molecule has 0 spiro atoms. The van der Waals surface area contributed by atoms with E-state index in [0.29, 0.717) is 15.6 Å². The monoisotopic (exact) mass is 280 g/mol. The zero-order valence-electron chi connectivity index (χ0n) is 6.85. The Morgan fingerprint density at radius 1 is 1.38 bits per heavy atom. The van der Waals surface area contributed by atoms with Crippen LogP contribution < -0.4 is 0 Å². The predicted molar refractivity (Wildman–Crippen MR) is 58.8 cm³/mol. The van der Waals surface area contributed by atoms with Gasteiger partial charge in [0.15, 0.2) is 0 Å². The van der Waals surface area contributed by atoms with E-state index >= 15 is 0 Å². The number of carbonyl (C=O) groups excluding carboxylic acids is 1. The van der Waals surface area contributed by atoms with E-state index in [1.54, 1.807) is 18.2 Å². The van der Waals surface area contributed by atoms with Gasteiger partial charge in [-0.3, -0.25) is 4.79 Å². The molecule has 13 heavy (non-hydrogen) atoms. The Morgan fingerprint density at radius 3 is 2.23 bits per heavy atom. The Bertz CT molecular complexity index is 318. The quantitative estimate of drug-likeness (QED) is 0.749. The van der Waals surface area contributed by atoms with E-state index in [-0.39, 0.29) is 5.78 Å². The van der Waals surface area contributed by atoms with Gasteiger partial charge in [-0.1, -0.05) is 45.2 Å². The average molecular weight is 282 g/mol. The van der Waals surface area contributed by atoms with Crippen molar-refractivity contribution in [3.63, 3.8) is 0 Å². The maximum atomic E-state index is 11.1. The minimum atomic E-state index is -0.423.